The van der Waals surface area contributed by atoms with Crippen molar-refractivity contribution in [3.8, 4) is 11.5 Å². The first kappa shape index (κ1) is 16.5. The Hall–Kier alpha value is -2.95. The average molecular weight is 350 g/mol. The Morgan fingerprint density at radius 2 is 1.85 bits per heavy atom. The van der Waals surface area contributed by atoms with Crippen LogP contribution in [0.15, 0.2) is 36.4 Å². The summed E-state index contributed by atoms with van der Waals surface area (Å²) in [5.41, 5.74) is 5.36. The van der Waals surface area contributed by atoms with Crippen molar-refractivity contribution in [2.24, 2.45) is 0 Å². The van der Waals surface area contributed by atoms with Crippen LogP contribution in [0.5, 0.6) is 11.5 Å². The van der Waals surface area contributed by atoms with Crippen molar-refractivity contribution in [1.29, 1.82) is 0 Å². The zero-order valence-corrected chi connectivity index (χ0v) is 15.2. The van der Waals surface area contributed by atoms with E-state index in [1.54, 1.807) is 26.4 Å². The van der Waals surface area contributed by atoms with Crippen molar-refractivity contribution in [2.75, 3.05) is 14.2 Å². The zero-order chi connectivity index (χ0) is 18.3. The van der Waals surface area contributed by atoms with E-state index in [2.05, 4.69) is 35.4 Å². The number of aryl methyl sites for hydroxylation is 1. The summed E-state index contributed by atoms with van der Waals surface area (Å²) in [4.78, 5) is 16.4. The third-order valence-electron chi connectivity index (χ3n) is 5.04. The van der Waals surface area contributed by atoms with Gasteiger partial charge in [0.1, 0.15) is 17.1 Å². The van der Waals surface area contributed by atoms with Gasteiger partial charge in [-0.1, -0.05) is 17.7 Å². The molecule has 0 aliphatic heterocycles. The monoisotopic (exact) mass is 350 g/mol. The van der Waals surface area contributed by atoms with Gasteiger partial charge in [0.15, 0.2) is 0 Å². The number of carbonyl (C=O) groups is 1. The van der Waals surface area contributed by atoms with E-state index in [9.17, 15) is 4.79 Å². The highest BCUT2D eigenvalue weighted by molar-refractivity contribution is 6.00. The number of rotatable bonds is 4. The van der Waals surface area contributed by atoms with Crippen LogP contribution in [0.2, 0.25) is 0 Å². The van der Waals surface area contributed by atoms with E-state index in [1.165, 1.54) is 22.2 Å². The molecule has 1 aliphatic carbocycles. The molecule has 26 heavy (non-hydrogen) atoms. The zero-order valence-electron chi connectivity index (χ0n) is 15.2. The first-order chi connectivity index (χ1) is 12.6. The lowest BCUT2D eigenvalue weighted by molar-refractivity contribution is 0.0932. The summed E-state index contributed by atoms with van der Waals surface area (Å²) in [6, 6.07) is 11.8. The second-order valence-electron chi connectivity index (χ2n) is 6.75. The summed E-state index contributed by atoms with van der Waals surface area (Å²) >= 11 is 0. The van der Waals surface area contributed by atoms with Crippen LogP contribution in [0.3, 0.4) is 0 Å². The van der Waals surface area contributed by atoms with Crippen LogP contribution in [0, 0.1) is 6.92 Å². The number of fused-ring (bicyclic) bond motifs is 3. The summed E-state index contributed by atoms with van der Waals surface area (Å²) < 4.78 is 10.7. The Kier molecular flexibility index (Phi) is 4.07. The van der Waals surface area contributed by atoms with E-state index >= 15 is 0 Å². The third-order valence-corrected chi connectivity index (χ3v) is 5.04. The first-order valence-corrected chi connectivity index (χ1v) is 8.72. The second-order valence-corrected chi connectivity index (χ2v) is 6.75. The largest absolute Gasteiger partial charge is 0.496 e. The van der Waals surface area contributed by atoms with E-state index in [0.29, 0.717) is 17.1 Å². The van der Waals surface area contributed by atoms with Gasteiger partial charge in [-0.25, -0.2) is 0 Å². The third kappa shape index (κ3) is 2.69. The number of hydrogen-bond donors (Lipinski definition) is 2. The number of aromatic nitrogens is 1. The topological polar surface area (TPSA) is 63.4 Å². The maximum absolute atomic E-state index is 12.9. The molecule has 0 saturated heterocycles. The number of benzene rings is 2. The molecule has 2 aromatic carbocycles. The van der Waals surface area contributed by atoms with Crippen LogP contribution in [0.1, 0.15) is 27.2 Å². The van der Waals surface area contributed by atoms with Gasteiger partial charge in [-0.15, -0.1) is 0 Å². The fraction of sp³-hybridized carbons (Fsp3) is 0.286. The van der Waals surface area contributed by atoms with Crippen molar-refractivity contribution in [3.05, 3.63) is 58.8 Å². The Morgan fingerprint density at radius 1 is 1.12 bits per heavy atom. The number of hydrogen-bond acceptors (Lipinski definition) is 3. The highest BCUT2D eigenvalue weighted by atomic mass is 16.5. The fourth-order valence-corrected chi connectivity index (χ4v) is 3.82. The van der Waals surface area contributed by atoms with E-state index in [4.69, 9.17) is 9.47 Å². The van der Waals surface area contributed by atoms with E-state index in [-0.39, 0.29) is 11.9 Å². The number of aromatic amines is 1. The van der Waals surface area contributed by atoms with E-state index in [1.807, 2.05) is 6.07 Å². The van der Waals surface area contributed by atoms with Crippen molar-refractivity contribution in [2.45, 2.75) is 25.8 Å². The van der Waals surface area contributed by atoms with Crippen LogP contribution < -0.4 is 14.8 Å². The molecule has 1 aliphatic rings. The molecule has 1 heterocycles. The van der Waals surface area contributed by atoms with Crippen molar-refractivity contribution < 1.29 is 14.3 Å². The molecule has 0 fully saturated rings. The quantitative estimate of drug-likeness (QED) is 0.758. The molecule has 0 spiro atoms. The van der Waals surface area contributed by atoms with Gasteiger partial charge in [0, 0.05) is 29.1 Å². The smallest absolute Gasteiger partial charge is 0.259 e. The van der Waals surface area contributed by atoms with E-state index in [0.717, 1.165) is 18.4 Å². The Bertz CT molecular complexity index is 968. The van der Waals surface area contributed by atoms with Gasteiger partial charge in [-0.2, -0.15) is 0 Å². The van der Waals surface area contributed by atoms with Gasteiger partial charge in [0.2, 0.25) is 0 Å². The summed E-state index contributed by atoms with van der Waals surface area (Å²) in [6.07, 6.45) is 1.62. The number of amides is 1. The number of carbonyl (C=O) groups excluding carboxylic acids is 1. The minimum atomic E-state index is -0.171. The van der Waals surface area contributed by atoms with Gasteiger partial charge in [0.05, 0.1) is 14.2 Å². The summed E-state index contributed by atoms with van der Waals surface area (Å²) in [7, 11) is 3.11. The fourth-order valence-electron chi connectivity index (χ4n) is 3.82. The molecule has 3 aromatic rings. The Labute approximate surface area is 152 Å². The predicted molar refractivity (Wildman–Crippen MR) is 101 cm³/mol. The molecular weight excluding hydrogens is 328 g/mol. The maximum atomic E-state index is 12.9. The minimum Gasteiger partial charge on any atom is -0.496 e. The molecule has 1 atom stereocenters. The molecule has 4 rings (SSSR count). The van der Waals surface area contributed by atoms with Crippen molar-refractivity contribution in [1.82, 2.24) is 10.3 Å². The highest BCUT2D eigenvalue weighted by Gasteiger charge is 2.28. The lowest BCUT2D eigenvalue weighted by atomic mass is 10.1. The van der Waals surface area contributed by atoms with Crippen molar-refractivity contribution >= 4 is 16.8 Å². The van der Waals surface area contributed by atoms with Gasteiger partial charge < -0.3 is 19.8 Å². The van der Waals surface area contributed by atoms with Gasteiger partial charge in [-0.3, -0.25) is 4.79 Å². The molecular formula is C21H22N2O3. The molecule has 0 radical (unpaired) electrons. The maximum Gasteiger partial charge on any atom is 0.259 e. The predicted octanol–water partition coefficient (Wildman–Crippen LogP) is 3.39. The Balaban J connectivity index is 1.57. The SMILES string of the molecule is COc1cccc(OC)c1C(=O)NC1Cc2[nH]c3ccc(C)cc3c2C1. The molecule has 5 nitrogen and oxygen atoms in total. The normalized spacial score (nSPS) is 15.7. The molecule has 0 saturated carbocycles. The molecule has 1 aromatic heterocycles. The van der Waals surface area contributed by atoms with Gasteiger partial charge in [-0.05, 0) is 43.2 Å². The molecule has 1 unspecified atom stereocenters. The standard InChI is InChI=1S/C21H22N2O3/c1-12-7-8-16-14(9-12)15-10-13(11-17(15)23-16)22-21(24)20-18(25-2)5-4-6-19(20)26-3/h4-9,13,23H,10-11H2,1-3H3,(H,22,24). The second kappa shape index (κ2) is 6.41. The lowest BCUT2D eigenvalue weighted by Gasteiger charge is -2.16. The number of ether oxygens (including phenoxy) is 2. The number of H-pyrrole nitrogens is 1. The average Bonchev–Trinajstić information content (AvgIpc) is 3.18. The van der Waals surface area contributed by atoms with Gasteiger partial charge >= 0.3 is 0 Å². The molecule has 134 valence electrons. The highest BCUT2D eigenvalue weighted by Crippen LogP contribution is 2.32. The molecule has 0 bridgehead atoms. The van der Waals surface area contributed by atoms with Crippen LogP contribution in [-0.2, 0) is 12.8 Å². The Morgan fingerprint density at radius 3 is 2.54 bits per heavy atom. The molecule has 2 N–H and O–H groups in total. The number of methoxy groups -OCH3 is 2. The summed E-state index contributed by atoms with van der Waals surface area (Å²) in [5, 5.41) is 4.39. The first-order valence-electron chi connectivity index (χ1n) is 8.72. The van der Waals surface area contributed by atoms with Gasteiger partial charge in [0.25, 0.3) is 5.91 Å². The van der Waals surface area contributed by atoms with Crippen LogP contribution in [-0.4, -0.2) is 31.2 Å². The number of nitrogens with one attached hydrogen (secondary N) is 2. The van der Waals surface area contributed by atoms with Crippen LogP contribution >= 0.6 is 0 Å². The molecule has 1 amide bonds. The molecule has 5 heteroatoms. The van der Waals surface area contributed by atoms with Crippen LogP contribution in [0.25, 0.3) is 10.9 Å². The lowest BCUT2D eigenvalue weighted by Crippen LogP contribution is -2.35. The summed E-state index contributed by atoms with van der Waals surface area (Å²) in [6.45, 7) is 2.10. The van der Waals surface area contributed by atoms with Crippen LogP contribution in [0.4, 0.5) is 0 Å². The van der Waals surface area contributed by atoms with Crippen molar-refractivity contribution in [3.63, 3.8) is 0 Å². The van der Waals surface area contributed by atoms with E-state index < -0.39 is 0 Å². The minimum absolute atomic E-state index is 0.0586. The summed E-state index contributed by atoms with van der Waals surface area (Å²) in [5.74, 6) is 0.855.